The average Bonchev–Trinajstić information content (AvgIpc) is 3.26. The topological polar surface area (TPSA) is 56.2 Å². The normalized spacial score (nSPS) is 11.1. The largest absolute Gasteiger partial charge is 0.493 e. The van der Waals surface area contributed by atoms with Gasteiger partial charge in [-0.05, 0) is 55.0 Å². The molecule has 1 heterocycles. The van der Waals surface area contributed by atoms with Gasteiger partial charge in [-0.3, -0.25) is 4.79 Å². The number of benzene rings is 4. The van der Waals surface area contributed by atoms with Gasteiger partial charge in [0.05, 0.1) is 17.6 Å². The van der Waals surface area contributed by atoms with E-state index in [9.17, 15) is 4.79 Å². The van der Waals surface area contributed by atoms with Crippen LogP contribution >= 0.6 is 0 Å². The number of carbonyl (C=O) groups excluding carboxylic acids is 1. The highest BCUT2D eigenvalue weighted by atomic mass is 16.5. The van der Waals surface area contributed by atoms with Crippen LogP contribution < -0.4 is 10.1 Å². The Bertz CT molecular complexity index is 1480. The smallest absolute Gasteiger partial charge is 0.251 e. The van der Waals surface area contributed by atoms with Gasteiger partial charge in [0.15, 0.2) is 0 Å². The molecule has 0 aliphatic carbocycles. The summed E-state index contributed by atoms with van der Waals surface area (Å²) in [6.07, 6.45) is 2.50. The SMILES string of the molecule is Cc1ccccc1C(=O)NCCCc1nc2ccccc2n1CCCOc1cccc2ccccc12. The summed E-state index contributed by atoms with van der Waals surface area (Å²) in [7, 11) is 0. The van der Waals surface area contributed by atoms with E-state index < -0.39 is 0 Å². The molecule has 4 aromatic carbocycles. The predicted octanol–water partition coefficient (Wildman–Crippen LogP) is 6.33. The third-order valence-electron chi connectivity index (χ3n) is 6.52. The number of ether oxygens (including phenoxy) is 1. The molecule has 5 nitrogen and oxygen atoms in total. The number of nitrogens with one attached hydrogen (secondary N) is 1. The number of para-hydroxylation sites is 2. The number of aryl methyl sites for hydroxylation is 3. The van der Waals surface area contributed by atoms with E-state index in [1.807, 2.05) is 61.5 Å². The number of hydrogen-bond donors (Lipinski definition) is 1. The number of aromatic nitrogens is 2. The summed E-state index contributed by atoms with van der Waals surface area (Å²) in [6.45, 7) is 4.03. The molecule has 1 aromatic heterocycles. The molecule has 0 radical (unpaired) electrons. The Hall–Kier alpha value is -4.12. The molecule has 1 N–H and O–H groups in total. The molecule has 0 saturated carbocycles. The van der Waals surface area contributed by atoms with E-state index in [2.05, 4.69) is 46.3 Å². The van der Waals surface area contributed by atoms with Crippen LogP contribution in [0.2, 0.25) is 0 Å². The molecular weight excluding hydrogens is 446 g/mol. The van der Waals surface area contributed by atoms with Crippen molar-refractivity contribution in [2.45, 2.75) is 32.7 Å². The molecular formula is C31H31N3O2. The van der Waals surface area contributed by atoms with Crippen LogP contribution in [0.1, 0.15) is 34.6 Å². The summed E-state index contributed by atoms with van der Waals surface area (Å²) in [6, 6.07) is 30.4. The lowest BCUT2D eigenvalue weighted by Crippen LogP contribution is -2.25. The fourth-order valence-corrected chi connectivity index (χ4v) is 4.66. The van der Waals surface area contributed by atoms with Crippen LogP contribution in [0.25, 0.3) is 21.8 Å². The fourth-order valence-electron chi connectivity index (χ4n) is 4.66. The van der Waals surface area contributed by atoms with Crippen molar-refractivity contribution in [1.29, 1.82) is 0 Å². The van der Waals surface area contributed by atoms with Gasteiger partial charge in [0, 0.05) is 30.5 Å². The fraction of sp³-hybridized carbons (Fsp3) is 0.226. The summed E-state index contributed by atoms with van der Waals surface area (Å²) in [5.74, 6) is 1.95. The third-order valence-corrected chi connectivity index (χ3v) is 6.52. The highest BCUT2D eigenvalue weighted by molar-refractivity contribution is 5.95. The summed E-state index contributed by atoms with van der Waals surface area (Å²) >= 11 is 0. The molecule has 0 fully saturated rings. The Morgan fingerprint density at radius 3 is 2.58 bits per heavy atom. The zero-order valence-electron chi connectivity index (χ0n) is 20.6. The van der Waals surface area contributed by atoms with Crippen molar-refractivity contribution >= 4 is 27.7 Å². The molecule has 0 saturated heterocycles. The summed E-state index contributed by atoms with van der Waals surface area (Å²) in [5, 5.41) is 5.38. The van der Waals surface area contributed by atoms with Crippen LogP contribution in [0.4, 0.5) is 0 Å². The Morgan fingerprint density at radius 1 is 0.889 bits per heavy atom. The molecule has 0 aliphatic rings. The molecule has 5 aromatic rings. The predicted molar refractivity (Wildman–Crippen MR) is 146 cm³/mol. The molecule has 5 heteroatoms. The maximum absolute atomic E-state index is 12.5. The summed E-state index contributed by atoms with van der Waals surface area (Å²) in [4.78, 5) is 17.4. The monoisotopic (exact) mass is 477 g/mol. The van der Waals surface area contributed by atoms with Crippen LogP contribution in [0, 0.1) is 6.92 Å². The number of nitrogens with zero attached hydrogens (tertiary/aromatic N) is 2. The maximum atomic E-state index is 12.5. The van der Waals surface area contributed by atoms with Crippen molar-refractivity contribution < 1.29 is 9.53 Å². The van der Waals surface area contributed by atoms with Gasteiger partial charge in [-0.25, -0.2) is 4.98 Å². The molecule has 0 unspecified atom stereocenters. The lowest BCUT2D eigenvalue weighted by molar-refractivity contribution is 0.0952. The Balaban J connectivity index is 1.19. The third kappa shape index (κ3) is 5.25. The van der Waals surface area contributed by atoms with Crippen molar-refractivity contribution in [3.05, 3.63) is 108 Å². The van der Waals surface area contributed by atoms with Gasteiger partial charge in [-0.1, -0.05) is 66.7 Å². The summed E-state index contributed by atoms with van der Waals surface area (Å²) < 4.78 is 8.46. The van der Waals surface area contributed by atoms with Crippen molar-refractivity contribution in [2.75, 3.05) is 13.2 Å². The van der Waals surface area contributed by atoms with Gasteiger partial charge in [0.1, 0.15) is 11.6 Å². The van der Waals surface area contributed by atoms with Gasteiger partial charge in [0.2, 0.25) is 0 Å². The number of amides is 1. The van der Waals surface area contributed by atoms with Gasteiger partial charge in [-0.2, -0.15) is 0 Å². The highest BCUT2D eigenvalue weighted by Crippen LogP contribution is 2.25. The Labute approximate surface area is 211 Å². The maximum Gasteiger partial charge on any atom is 0.251 e. The average molecular weight is 478 g/mol. The minimum absolute atomic E-state index is 0.0211. The number of hydrogen-bond acceptors (Lipinski definition) is 3. The number of fused-ring (bicyclic) bond motifs is 2. The van der Waals surface area contributed by atoms with E-state index in [4.69, 9.17) is 9.72 Å². The number of rotatable bonds is 10. The Kier molecular flexibility index (Phi) is 7.27. The second-order valence-corrected chi connectivity index (χ2v) is 9.02. The lowest BCUT2D eigenvalue weighted by Gasteiger charge is -2.12. The van der Waals surface area contributed by atoms with E-state index in [1.54, 1.807) is 0 Å². The van der Waals surface area contributed by atoms with Crippen molar-refractivity contribution in [3.63, 3.8) is 0 Å². The van der Waals surface area contributed by atoms with Gasteiger partial charge >= 0.3 is 0 Å². The molecule has 0 aliphatic heterocycles. The van der Waals surface area contributed by atoms with Crippen molar-refractivity contribution in [2.24, 2.45) is 0 Å². The highest BCUT2D eigenvalue weighted by Gasteiger charge is 2.12. The molecule has 0 atom stereocenters. The number of imidazole rings is 1. The minimum Gasteiger partial charge on any atom is -0.493 e. The van der Waals surface area contributed by atoms with Crippen LogP contribution in [-0.2, 0) is 13.0 Å². The first-order valence-corrected chi connectivity index (χ1v) is 12.6. The molecule has 0 bridgehead atoms. The summed E-state index contributed by atoms with van der Waals surface area (Å²) in [5.41, 5.74) is 3.87. The quantitative estimate of drug-likeness (QED) is 0.239. The van der Waals surface area contributed by atoms with E-state index in [1.165, 1.54) is 5.39 Å². The van der Waals surface area contributed by atoms with E-state index >= 15 is 0 Å². The van der Waals surface area contributed by atoms with Crippen LogP contribution in [0.5, 0.6) is 5.75 Å². The molecule has 36 heavy (non-hydrogen) atoms. The first kappa shape index (κ1) is 23.6. The zero-order valence-corrected chi connectivity index (χ0v) is 20.6. The minimum atomic E-state index is -0.0211. The van der Waals surface area contributed by atoms with Crippen LogP contribution in [0.3, 0.4) is 0 Å². The first-order chi connectivity index (χ1) is 17.7. The standard InChI is InChI=1S/C31H31N3O2/c1-23-11-2-4-14-25(23)31(35)32-20-9-19-30-33-27-16-6-7-17-28(27)34(30)21-10-22-36-29-18-8-13-24-12-3-5-15-26(24)29/h2-8,11-18H,9-10,19-22H2,1H3,(H,32,35). The van der Waals surface area contributed by atoms with Crippen LogP contribution in [-0.4, -0.2) is 28.6 Å². The molecule has 1 amide bonds. The van der Waals surface area contributed by atoms with Crippen LogP contribution in [0.15, 0.2) is 91.0 Å². The van der Waals surface area contributed by atoms with E-state index in [-0.39, 0.29) is 5.91 Å². The van der Waals surface area contributed by atoms with Crippen molar-refractivity contribution in [1.82, 2.24) is 14.9 Å². The van der Waals surface area contributed by atoms with E-state index in [0.29, 0.717) is 13.2 Å². The van der Waals surface area contributed by atoms with Gasteiger partial charge in [0.25, 0.3) is 5.91 Å². The molecule has 5 rings (SSSR count). The zero-order chi connectivity index (χ0) is 24.7. The molecule has 0 spiro atoms. The van der Waals surface area contributed by atoms with E-state index in [0.717, 1.165) is 64.9 Å². The molecule has 182 valence electrons. The first-order valence-electron chi connectivity index (χ1n) is 12.6. The lowest BCUT2D eigenvalue weighted by atomic mass is 10.1. The van der Waals surface area contributed by atoms with Crippen molar-refractivity contribution in [3.8, 4) is 5.75 Å². The van der Waals surface area contributed by atoms with Gasteiger partial charge < -0.3 is 14.6 Å². The second-order valence-electron chi connectivity index (χ2n) is 9.02. The second kappa shape index (κ2) is 11.1. The Morgan fingerprint density at radius 2 is 1.67 bits per heavy atom. The number of carbonyl (C=O) groups is 1. The van der Waals surface area contributed by atoms with Gasteiger partial charge in [-0.15, -0.1) is 0 Å².